The Kier molecular flexibility index (Phi) is 3.79. The first kappa shape index (κ1) is 13.2. The van der Waals surface area contributed by atoms with Crippen molar-refractivity contribution in [3.05, 3.63) is 40.9 Å². The number of hydrogen-bond donors (Lipinski definition) is 1. The standard InChI is InChI=1S/C10H11BrN4O2S/c1-15-7-12-14-10(15)6-13-18(16,17)9-5-3-2-4-8(9)11/h2-5,7,13H,6H2,1H3. The molecule has 0 atom stereocenters. The Hall–Kier alpha value is -1.25. The summed E-state index contributed by atoms with van der Waals surface area (Å²) in [5, 5.41) is 7.49. The second kappa shape index (κ2) is 5.17. The van der Waals surface area contributed by atoms with Crippen molar-refractivity contribution in [1.82, 2.24) is 19.5 Å². The van der Waals surface area contributed by atoms with E-state index >= 15 is 0 Å². The molecule has 0 spiro atoms. The Morgan fingerprint density at radius 2 is 2.11 bits per heavy atom. The van der Waals surface area contributed by atoms with Crippen LogP contribution in [0.15, 0.2) is 40.0 Å². The van der Waals surface area contributed by atoms with Crippen molar-refractivity contribution in [2.24, 2.45) is 7.05 Å². The lowest BCUT2D eigenvalue weighted by molar-refractivity contribution is 0.577. The number of sulfonamides is 1. The molecule has 0 fully saturated rings. The predicted octanol–water partition coefficient (Wildman–Crippen LogP) is 1.06. The van der Waals surface area contributed by atoms with Crippen LogP contribution in [0.5, 0.6) is 0 Å². The molecule has 0 aliphatic carbocycles. The van der Waals surface area contributed by atoms with Gasteiger partial charge in [-0.1, -0.05) is 12.1 Å². The zero-order chi connectivity index (χ0) is 13.2. The number of nitrogens with zero attached hydrogens (tertiary/aromatic N) is 3. The quantitative estimate of drug-likeness (QED) is 0.909. The highest BCUT2D eigenvalue weighted by Crippen LogP contribution is 2.20. The summed E-state index contributed by atoms with van der Waals surface area (Å²) >= 11 is 3.21. The molecule has 0 aliphatic heterocycles. The normalized spacial score (nSPS) is 11.7. The highest BCUT2D eigenvalue weighted by molar-refractivity contribution is 9.10. The molecule has 18 heavy (non-hydrogen) atoms. The third-order valence-corrected chi connectivity index (χ3v) is 4.76. The Bertz CT molecular complexity index is 653. The van der Waals surface area contributed by atoms with Crippen molar-refractivity contribution in [3.63, 3.8) is 0 Å². The summed E-state index contributed by atoms with van der Waals surface area (Å²) in [6.07, 6.45) is 1.52. The molecule has 8 heteroatoms. The highest BCUT2D eigenvalue weighted by Gasteiger charge is 2.17. The topological polar surface area (TPSA) is 76.9 Å². The third-order valence-electron chi connectivity index (χ3n) is 2.35. The van der Waals surface area contributed by atoms with Gasteiger partial charge in [-0.3, -0.25) is 0 Å². The number of aryl methyl sites for hydroxylation is 1. The minimum Gasteiger partial charge on any atom is -0.320 e. The molecule has 1 aromatic carbocycles. The van der Waals surface area contributed by atoms with E-state index in [2.05, 4.69) is 30.8 Å². The molecule has 0 saturated heterocycles. The molecule has 1 N–H and O–H groups in total. The van der Waals surface area contributed by atoms with Gasteiger partial charge < -0.3 is 4.57 Å². The van der Waals surface area contributed by atoms with Gasteiger partial charge in [0.05, 0.1) is 11.4 Å². The first-order valence-corrected chi connectivity index (χ1v) is 7.35. The van der Waals surface area contributed by atoms with Crippen LogP contribution >= 0.6 is 15.9 Å². The largest absolute Gasteiger partial charge is 0.320 e. The van der Waals surface area contributed by atoms with Gasteiger partial charge in [0.25, 0.3) is 0 Å². The van der Waals surface area contributed by atoms with Gasteiger partial charge in [0.1, 0.15) is 12.2 Å². The molecule has 0 bridgehead atoms. The van der Waals surface area contributed by atoms with Crippen molar-refractivity contribution in [3.8, 4) is 0 Å². The van der Waals surface area contributed by atoms with Gasteiger partial charge in [0.15, 0.2) is 0 Å². The van der Waals surface area contributed by atoms with E-state index in [1.807, 2.05) is 0 Å². The zero-order valence-electron chi connectivity index (χ0n) is 9.54. The number of nitrogens with one attached hydrogen (secondary N) is 1. The Balaban J connectivity index is 2.19. The summed E-state index contributed by atoms with van der Waals surface area (Å²) in [6, 6.07) is 6.63. The smallest absolute Gasteiger partial charge is 0.242 e. The van der Waals surface area contributed by atoms with Crippen LogP contribution in [0.1, 0.15) is 5.82 Å². The van der Waals surface area contributed by atoms with Crippen molar-refractivity contribution in [2.75, 3.05) is 0 Å². The molecular formula is C10H11BrN4O2S. The monoisotopic (exact) mass is 330 g/mol. The SMILES string of the molecule is Cn1cnnc1CNS(=O)(=O)c1ccccc1Br. The maximum absolute atomic E-state index is 12.1. The van der Waals surface area contributed by atoms with Crippen LogP contribution < -0.4 is 4.72 Å². The minimum absolute atomic E-state index is 0.0974. The lowest BCUT2D eigenvalue weighted by Gasteiger charge is -2.07. The van der Waals surface area contributed by atoms with Crippen LogP contribution in [0.4, 0.5) is 0 Å². The molecule has 1 aromatic heterocycles. The number of rotatable bonds is 4. The van der Waals surface area contributed by atoms with Gasteiger partial charge in [0, 0.05) is 11.5 Å². The van der Waals surface area contributed by atoms with E-state index in [1.165, 1.54) is 12.4 Å². The molecule has 0 unspecified atom stereocenters. The second-order valence-electron chi connectivity index (χ2n) is 3.61. The summed E-state index contributed by atoms with van der Waals surface area (Å²) < 4.78 is 28.8. The zero-order valence-corrected chi connectivity index (χ0v) is 11.9. The first-order valence-electron chi connectivity index (χ1n) is 5.08. The Morgan fingerprint density at radius 3 is 2.72 bits per heavy atom. The summed E-state index contributed by atoms with van der Waals surface area (Å²) in [6.45, 7) is 0.0974. The van der Waals surface area contributed by atoms with E-state index < -0.39 is 10.0 Å². The molecule has 0 radical (unpaired) electrons. The van der Waals surface area contributed by atoms with E-state index in [0.29, 0.717) is 10.3 Å². The van der Waals surface area contributed by atoms with Crippen LogP contribution in [0.25, 0.3) is 0 Å². The molecule has 0 aliphatic rings. The molecule has 2 aromatic rings. The van der Waals surface area contributed by atoms with Crippen LogP contribution in [0.3, 0.4) is 0 Å². The molecule has 1 heterocycles. The third kappa shape index (κ3) is 2.77. The molecule has 96 valence electrons. The second-order valence-corrected chi connectivity index (χ2v) is 6.20. The van der Waals surface area contributed by atoms with Crippen molar-refractivity contribution in [2.45, 2.75) is 11.4 Å². The average molecular weight is 331 g/mol. The molecule has 6 nitrogen and oxygen atoms in total. The van der Waals surface area contributed by atoms with Crippen molar-refractivity contribution < 1.29 is 8.42 Å². The highest BCUT2D eigenvalue weighted by atomic mass is 79.9. The molecule has 0 saturated carbocycles. The maximum atomic E-state index is 12.1. The van der Waals surface area contributed by atoms with Crippen LogP contribution in [0.2, 0.25) is 0 Å². The number of halogens is 1. The summed E-state index contributed by atoms with van der Waals surface area (Å²) in [7, 11) is -1.81. The van der Waals surface area contributed by atoms with Crippen molar-refractivity contribution in [1.29, 1.82) is 0 Å². The lowest BCUT2D eigenvalue weighted by Crippen LogP contribution is -2.25. The van der Waals surface area contributed by atoms with E-state index in [0.717, 1.165) is 0 Å². The predicted molar refractivity (Wildman–Crippen MR) is 69.2 cm³/mol. The first-order chi connectivity index (χ1) is 8.50. The molecule has 2 rings (SSSR count). The summed E-state index contributed by atoms with van der Waals surface area (Å²) in [5.41, 5.74) is 0. The van der Waals surface area contributed by atoms with Gasteiger partial charge >= 0.3 is 0 Å². The maximum Gasteiger partial charge on any atom is 0.242 e. The fourth-order valence-corrected chi connectivity index (χ4v) is 3.35. The van der Waals surface area contributed by atoms with E-state index in [4.69, 9.17) is 0 Å². The van der Waals surface area contributed by atoms with Gasteiger partial charge in [-0.15, -0.1) is 10.2 Å². The van der Waals surface area contributed by atoms with Gasteiger partial charge in [-0.25, -0.2) is 13.1 Å². The summed E-state index contributed by atoms with van der Waals surface area (Å²) in [5.74, 6) is 0.547. The molecule has 0 amide bonds. The number of benzene rings is 1. The van der Waals surface area contributed by atoms with Crippen LogP contribution in [0, 0.1) is 0 Å². The Morgan fingerprint density at radius 1 is 1.39 bits per heavy atom. The van der Waals surface area contributed by atoms with E-state index in [-0.39, 0.29) is 11.4 Å². The summed E-state index contributed by atoms with van der Waals surface area (Å²) in [4.78, 5) is 0.201. The number of hydrogen-bond acceptors (Lipinski definition) is 4. The lowest BCUT2D eigenvalue weighted by atomic mass is 10.4. The van der Waals surface area contributed by atoms with E-state index in [1.54, 1.807) is 29.8 Å². The fraction of sp³-hybridized carbons (Fsp3) is 0.200. The van der Waals surface area contributed by atoms with E-state index in [9.17, 15) is 8.42 Å². The van der Waals surface area contributed by atoms with Crippen LogP contribution in [-0.4, -0.2) is 23.2 Å². The van der Waals surface area contributed by atoms with Gasteiger partial charge in [0.2, 0.25) is 10.0 Å². The van der Waals surface area contributed by atoms with Crippen LogP contribution in [-0.2, 0) is 23.6 Å². The van der Waals surface area contributed by atoms with Crippen molar-refractivity contribution >= 4 is 26.0 Å². The minimum atomic E-state index is -3.56. The van der Waals surface area contributed by atoms with Gasteiger partial charge in [-0.2, -0.15) is 0 Å². The number of aromatic nitrogens is 3. The van der Waals surface area contributed by atoms with Gasteiger partial charge in [-0.05, 0) is 28.1 Å². The fourth-order valence-electron chi connectivity index (χ4n) is 1.37. The molecular weight excluding hydrogens is 320 g/mol. The average Bonchev–Trinajstić information content (AvgIpc) is 2.73. The Labute approximate surface area is 113 Å².